The molecule has 0 aromatic rings. The number of hydrogen-bond acceptors (Lipinski definition) is 3. The first-order chi connectivity index (χ1) is 12.2. The first kappa shape index (κ1) is 32.5. The molecule has 3 N–H and O–H groups in total. The number of hydrogen-bond donors (Lipinski definition) is 3. The third-order valence-electron chi connectivity index (χ3n) is 5.60. The summed E-state index contributed by atoms with van der Waals surface area (Å²) in [5, 5.41) is 28.1. The molecule has 0 fully saturated rings. The second kappa shape index (κ2) is 24.8. The number of rotatable bonds is 20. The maximum atomic E-state index is 9.57. The van der Waals surface area contributed by atoms with E-state index in [0.717, 1.165) is 19.3 Å². The fraction of sp³-hybridized carbons (Fsp3) is 1.00. The number of aliphatic hydroxyl groups is 3. The first-order valence-corrected chi connectivity index (χ1v) is 11.1. The van der Waals surface area contributed by atoms with Crippen molar-refractivity contribution >= 4 is 26.9 Å². The second-order valence-corrected chi connectivity index (χ2v) is 7.99. The Morgan fingerprint density at radius 2 is 0.852 bits per heavy atom. The summed E-state index contributed by atoms with van der Waals surface area (Å²) in [7, 11) is 0. The van der Waals surface area contributed by atoms with E-state index >= 15 is 0 Å². The largest absolute Gasteiger partial charge is 0.396 e. The molecule has 0 rings (SSSR count). The summed E-state index contributed by atoms with van der Waals surface area (Å²) in [6.45, 7) is 2.47. The highest BCUT2D eigenvalue weighted by atomic mass is 79.9. The Morgan fingerprint density at radius 1 is 0.519 bits per heavy atom. The molecule has 168 valence electrons. The Bertz CT molecular complexity index is 264. The Balaban J connectivity index is -0.00000288. The van der Waals surface area contributed by atoms with E-state index in [1.807, 2.05) is 0 Å². The normalized spacial score (nSPS) is 11.1. The fourth-order valence-electron chi connectivity index (χ4n) is 3.64. The van der Waals surface area contributed by atoms with Crippen LogP contribution in [-0.2, 0) is 0 Å². The Kier molecular flexibility index (Phi) is 29.8. The monoisotopic (exact) mass is 472 g/mol. The highest BCUT2D eigenvalue weighted by Crippen LogP contribution is 2.30. The minimum absolute atomic E-state index is 0. The minimum atomic E-state index is -0.375. The molecular weight excluding hydrogens is 423 g/mol. The summed E-state index contributed by atoms with van der Waals surface area (Å²) in [4.78, 5) is 0. The lowest BCUT2D eigenvalue weighted by atomic mass is 9.80. The third kappa shape index (κ3) is 19.9. The van der Waals surface area contributed by atoms with Crippen LogP contribution in [0.4, 0.5) is 0 Å². The van der Waals surface area contributed by atoms with Gasteiger partial charge in [0.15, 0.2) is 0 Å². The van der Waals surface area contributed by atoms with Gasteiger partial charge in [-0.25, -0.2) is 0 Å². The molecule has 1 unspecified atom stereocenters. The van der Waals surface area contributed by atoms with Gasteiger partial charge < -0.3 is 15.3 Å². The van der Waals surface area contributed by atoms with Gasteiger partial charge in [0.05, 0.1) is 13.2 Å². The van der Waals surface area contributed by atoms with Crippen LogP contribution in [0.15, 0.2) is 0 Å². The van der Waals surface area contributed by atoms with E-state index < -0.39 is 0 Å². The van der Waals surface area contributed by atoms with Crippen molar-refractivity contribution in [2.45, 2.75) is 116 Å². The van der Waals surface area contributed by atoms with Gasteiger partial charge in [0, 0.05) is 12.0 Å². The lowest BCUT2D eigenvalue weighted by molar-refractivity contribution is 0.0321. The minimum Gasteiger partial charge on any atom is -0.396 e. The van der Waals surface area contributed by atoms with Crippen LogP contribution in [0.5, 0.6) is 0 Å². The predicted octanol–water partition coefficient (Wildman–Crippen LogP) is 6.24. The van der Waals surface area contributed by atoms with Crippen molar-refractivity contribution in [2.24, 2.45) is 5.41 Å². The molecule has 0 bridgehead atoms. The molecule has 27 heavy (non-hydrogen) atoms. The SMILES string of the molecule is Br.CCCCCCCCCCCCCCCCC(CO)(CO)CCCO.P. The Labute approximate surface area is 183 Å². The van der Waals surface area contributed by atoms with Crippen molar-refractivity contribution < 1.29 is 15.3 Å². The van der Waals surface area contributed by atoms with Crippen LogP contribution in [0, 0.1) is 5.41 Å². The van der Waals surface area contributed by atoms with Gasteiger partial charge in [0.2, 0.25) is 0 Å². The summed E-state index contributed by atoms with van der Waals surface area (Å²) in [6, 6.07) is 0. The smallest absolute Gasteiger partial charge is 0.0509 e. The van der Waals surface area contributed by atoms with E-state index in [1.165, 1.54) is 83.5 Å². The van der Waals surface area contributed by atoms with E-state index in [1.54, 1.807) is 0 Å². The van der Waals surface area contributed by atoms with Gasteiger partial charge in [-0.15, -0.1) is 17.0 Å². The van der Waals surface area contributed by atoms with Gasteiger partial charge in [0.25, 0.3) is 0 Å². The molecule has 0 radical (unpaired) electrons. The maximum absolute atomic E-state index is 9.57. The van der Waals surface area contributed by atoms with E-state index in [0.29, 0.717) is 6.42 Å². The van der Waals surface area contributed by atoms with Crippen molar-refractivity contribution in [3.05, 3.63) is 0 Å². The molecule has 0 spiro atoms. The van der Waals surface area contributed by atoms with E-state index in [2.05, 4.69) is 6.92 Å². The molecular formula is C22H50BrO3P. The molecule has 0 saturated heterocycles. The summed E-state index contributed by atoms with van der Waals surface area (Å²) in [5.74, 6) is 0. The lowest BCUT2D eigenvalue weighted by Crippen LogP contribution is -2.30. The lowest BCUT2D eigenvalue weighted by Gasteiger charge is -2.29. The van der Waals surface area contributed by atoms with Crippen LogP contribution in [0.1, 0.15) is 116 Å². The van der Waals surface area contributed by atoms with E-state index in [9.17, 15) is 10.2 Å². The van der Waals surface area contributed by atoms with Crippen LogP contribution in [0.3, 0.4) is 0 Å². The molecule has 0 aromatic heterocycles. The molecule has 3 nitrogen and oxygen atoms in total. The zero-order valence-corrected chi connectivity index (χ0v) is 21.2. The van der Waals surface area contributed by atoms with Crippen LogP contribution in [0.2, 0.25) is 0 Å². The van der Waals surface area contributed by atoms with Crippen molar-refractivity contribution in [3.63, 3.8) is 0 Å². The molecule has 0 aromatic carbocycles. The maximum Gasteiger partial charge on any atom is 0.0509 e. The molecule has 0 aliphatic carbocycles. The van der Waals surface area contributed by atoms with Gasteiger partial charge in [-0.2, -0.15) is 9.90 Å². The van der Waals surface area contributed by atoms with Crippen LogP contribution < -0.4 is 0 Å². The van der Waals surface area contributed by atoms with Gasteiger partial charge in [0.1, 0.15) is 0 Å². The standard InChI is InChI=1S/C22H46O3.BrH.H3P/c1-2-3-4-5-6-7-8-9-10-11-12-13-14-15-17-22(20-24,21-25)18-16-19-23;;/h23-25H,2-21H2,1H3;1H;1H3. The van der Waals surface area contributed by atoms with Crippen LogP contribution in [-0.4, -0.2) is 35.1 Å². The zero-order valence-electron chi connectivity index (χ0n) is 18.1. The third-order valence-corrected chi connectivity index (χ3v) is 5.60. The Hall–Kier alpha value is 0.790. The van der Waals surface area contributed by atoms with E-state index in [4.69, 9.17) is 5.11 Å². The first-order valence-electron chi connectivity index (χ1n) is 11.1. The van der Waals surface area contributed by atoms with Gasteiger partial charge >= 0.3 is 0 Å². The van der Waals surface area contributed by atoms with Crippen molar-refractivity contribution in [3.8, 4) is 0 Å². The summed E-state index contributed by atoms with van der Waals surface area (Å²) >= 11 is 0. The average molecular weight is 474 g/mol. The van der Waals surface area contributed by atoms with Gasteiger partial charge in [-0.05, 0) is 19.3 Å². The van der Waals surface area contributed by atoms with Gasteiger partial charge in [-0.1, -0.05) is 96.8 Å². The summed E-state index contributed by atoms with van der Waals surface area (Å²) in [5.41, 5.74) is -0.375. The fourth-order valence-corrected chi connectivity index (χ4v) is 3.64. The number of aliphatic hydroxyl groups excluding tert-OH is 3. The molecule has 0 amide bonds. The zero-order chi connectivity index (χ0) is 18.6. The Morgan fingerprint density at radius 3 is 1.19 bits per heavy atom. The predicted molar refractivity (Wildman–Crippen MR) is 129 cm³/mol. The molecule has 0 aliphatic rings. The van der Waals surface area contributed by atoms with Crippen molar-refractivity contribution in [2.75, 3.05) is 19.8 Å². The van der Waals surface area contributed by atoms with Crippen LogP contribution in [0.25, 0.3) is 0 Å². The van der Waals surface area contributed by atoms with Crippen molar-refractivity contribution in [1.82, 2.24) is 0 Å². The second-order valence-electron chi connectivity index (χ2n) is 7.99. The number of halogens is 1. The highest BCUT2D eigenvalue weighted by Gasteiger charge is 2.27. The van der Waals surface area contributed by atoms with Crippen LogP contribution >= 0.6 is 26.9 Å². The summed E-state index contributed by atoms with van der Waals surface area (Å²) < 4.78 is 0. The molecule has 0 aliphatic heterocycles. The van der Waals surface area contributed by atoms with Crippen molar-refractivity contribution in [1.29, 1.82) is 0 Å². The molecule has 5 heteroatoms. The molecule has 1 atom stereocenters. The molecule has 0 heterocycles. The van der Waals surface area contributed by atoms with E-state index in [-0.39, 0.29) is 52.1 Å². The number of unbranched alkanes of at least 4 members (excludes halogenated alkanes) is 13. The highest BCUT2D eigenvalue weighted by molar-refractivity contribution is 8.93. The average Bonchev–Trinajstić information content (AvgIpc) is 2.65. The topological polar surface area (TPSA) is 60.7 Å². The van der Waals surface area contributed by atoms with Gasteiger partial charge in [-0.3, -0.25) is 0 Å². The quantitative estimate of drug-likeness (QED) is 0.145. The molecule has 0 saturated carbocycles. The summed E-state index contributed by atoms with van der Waals surface area (Å²) in [6.07, 6.45) is 21.1.